The van der Waals surface area contributed by atoms with Gasteiger partial charge in [-0.1, -0.05) is 29.6 Å². The molecule has 1 aromatic heterocycles. The molecule has 6 heteroatoms. The molecule has 0 bridgehead atoms. The van der Waals surface area contributed by atoms with Gasteiger partial charge >= 0.3 is 0 Å². The van der Waals surface area contributed by atoms with Gasteiger partial charge in [0, 0.05) is 10.9 Å². The maximum Gasteiger partial charge on any atom is 0.228 e. The first kappa shape index (κ1) is 15.1. The van der Waals surface area contributed by atoms with Crippen molar-refractivity contribution in [2.75, 3.05) is 10.6 Å². The molecule has 0 spiro atoms. The molecule has 1 amide bonds. The van der Waals surface area contributed by atoms with Crippen molar-refractivity contribution in [1.82, 2.24) is 4.98 Å². The summed E-state index contributed by atoms with van der Waals surface area (Å²) in [5, 5.41) is 7.15. The largest absolute Gasteiger partial charge is 0.353 e. The van der Waals surface area contributed by atoms with Crippen molar-refractivity contribution in [1.29, 1.82) is 0 Å². The van der Waals surface area contributed by atoms with Gasteiger partial charge in [-0.05, 0) is 43.2 Å². The number of aromatic nitrogens is 1. The van der Waals surface area contributed by atoms with Gasteiger partial charge in [-0.25, -0.2) is 4.98 Å². The van der Waals surface area contributed by atoms with Crippen LogP contribution in [0.15, 0.2) is 36.5 Å². The highest BCUT2D eigenvalue weighted by atomic mass is 35.5. The van der Waals surface area contributed by atoms with E-state index in [1.165, 1.54) is 0 Å². The van der Waals surface area contributed by atoms with Crippen LogP contribution in [0.4, 0.5) is 17.2 Å². The number of halogens is 2. The quantitative estimate of drug-likeness (QED) is 0.837. The molecule has 0 saturated heterocycles. The maximum atomic E-state index is 11.9. The predicted octanol–water partition coefficient (Wildman–Crippen LogP) is 4.87. The zero-order chi connectivity index (χ0) is 15.5. The monoisotopic (exact) mass is 335 g/mol. The lowest BCUT2D eigenvalue weighted by Gasteiger charge is -2.23. The Balaban J connectivity index is 1.66. The number of amides is 1. The van der Waals surface area contributed by atoms with Crippen molar-refractivity contribution in [3.8, 4) is 0 Å². The molecule has 1 aliphatic rings. The van der Waals surface area contributed by atoms with E-state index in [-0.39, 0.29) is 11.8 Å². The Morgan fingerprint density at radius 3 is 2.64 bits per heavy atom. The van der Waals surface area contributed by atoms with Crippen LogP contribution >= 0.6 is 23.2 Å². The standard InChI is InChI=1S/C16H15Cl2N3O/c17-11-4-6-13(18)14(8-11)20-12-5-7-15(19-9-12)21-16(22)10-2-1-3-10/h4-10,20H,1-3H2,(H,19,21,22). The van der Waals surface area contributed by atoms with Crippen molar-refractivity contribution >= 4 is 46.3 Å². The lowest BCUT2D eigenvalue weighted by atomic mass is 9.85. The minimum atomic E-state index is 0.0531. The third-order valence-electron chi connectivity index (χ3n) is 3.70. The van der Waals surface area contributed by atoms with Crippen molar-refractivity contribution in [2.24, 2.45) is 5.92 Å². The van der Waals surface area contributed by atoms with Crippen LogP contribution in [-0.2, 0) is 4.79 Å². The van der Waals surface area contributed by atoms with E-state index in [0.717, 1.165) is 24.9 Å². The average molecular weight is 336 g/mol. The van der Waals surface area contributed by atoms with Gasteiger partial charge in [0.2, 0.25) is 5.91 Å². The SMILES string of the molecule is O=C(Nc1ccc(Nc2cc(Cl)ccc2Cl)cn1)C1CCC1. The summed E-state index contributed by atoms with van der Waals surface area (Å²) in [6.07, 6.45) is 4.72. The molecule has 1 fully saturated rings. The normalized spacial score (nSPS) is 14.3. The van der Waals surface area contributed by atoms with Crippen LogP contribution in [0.1, 0.15) is 19.3 Å². The van der Waals surface area contributed by atoms with E-state index in [1.807, 2.05) is 6.07 Å². The Hall–Kier alpha value is -1.78. The average Bonchev–Trinajstić information content (AvgIpc) is 2.43. The Kier molecular flexibility index (Phi) is 4.50. The first-order chi connectivity index (χ1) is 10.6. The highest BCUT2D eigenvalue weighted by Crippen LogP contribution is 2.29. The molecule has 3 rings (SSSR count). The summed E-state index contributed by atoms with van der Waals surface area (Å²) in [6.45, 7) is 0. The molecule has 0 unspecified atom stereocenters. The van der Waals surface area contributed by atoms with Gasteiger partial charge in [0.25, 0.3) is 0 Å². The van der Waals surface area contributed by atoms with Crippen LogP contribution in [0.5, 0.6) is 0 Å². The fourth-order valence-electron chi connectivity index (χ4n) is 2.19. The Morgan fingerprint density at radius 1 is 1.18 bits per heavy atom. The summed E-state index contributed by atoms with van der Waals surface area (Å²) in [5.74, 6) is 0.752. The molecule has 4 nitrogen and oxygen atoms in total. The number of nitrogens with zero attached hydrogens (tertiary/aromatic N) is 1. The first-order valence-electron chi connectivity index (χ1n) is 7.11. The van der Waals surface area contributed by atoms with E-state index in [4.69, 9.17) is 23.2 Å². The summed E-state index contributed by atoms with van der Waals surface area (Å²) in [5.41, 5.74) is 1.48. The number of hydrogen-bond donors (Lipinski definition) is 2. The first-order valence-corrected chi connectivity index (χ1v) is 7.86. The molecule has 22 heavy (non-hydrogen) atoms. The summed E-state index contributed by atoms with van der Waals surface area (Å²) in [7, 11) is 0. The number of nitrogens with one attached hydrogen (secondary N) is 2. The third kappa shape index (κ3) is 3.51. The highest BCUT2D eigenvalue weighted by molar-refractivity contribution is 6.35. The second-order valence-electron chi connectivity index (χ2n) is 5.30. The topological polar surface area (TPSA) is 54.0 Å². The maximum absolute atomic E-state index is 11.9. The molecule has 1 aliphatic carbocycles. The van der Waals surface area contributed by atoms with Crippen LogP contribution in [0.3, 0.4) is 0 Å². The molecule has 2 N–H and O–H groups in total. The van der Waals surface area contributed by atoms with E-state index in [9.17, 15) is 4.79 Å². The third-order valence-corrected chi connectivity index (χ3v) is 4.26. The number of pyridine rings is 1. The molecule has 1 aromatic carbocycles. The van der Waals surface area contributed by atoms with E-state index < -0.39 is 0 Å². The minimum absolute atomic E-state index is 0.0531. The molecular weight excluding hydrogens is 321 g/mol. The molecule has 1 saturated carbocycles. The number of rotatable bonds is 4. The number of hydrogen-bond acceptors (Lipinski definition) is 3. The second kappa shape index (κ2) is 6.55. The van der Waals surface area contributed by atoms with Gasteiger partial charge in [0.1, 0.15) is 5.82 Å². The zero-order valence-corrected chi connectivity index (χ0v) is 13.3. The number of carbonyl (C=O) groups excluding carboxylic acids is 1. The predicted molar refractivity (Wildman–Crippen MR) is 90.0 cm³/mol. The smallest absolute Gasteiger partial charge is 0.228 e. The van der Waals surface area contributed by atoms with Crippen LogP contribution in [0.2, 0.25) is 10.0 Å². The summed E-state index contributed by atoms with van der Waals surface area (Å²) in [6, 6.07) is 8.80. The molecule has 2 aromatic rings. The lowest BCUT2D eigenvalue weighted by molar-refractivity contribution is -0.122. The van der Waals surface area contributed by atoms with Gasteiger partial charge in [0.15, 0.2) is 0 Å². The second-order valence-corrected chi connectivity index (χ2v) is 6.14. The van der Waals surface area contributed by atoms with Crippen LogP contribution in [0.25, 0.3) is 0 Å². The van der Waals surface area contributed by atoms with E-state index in [1.54, 1.807) is 30.5 Å². The van der Waals surface area contributed by atoms with Crippen molar-refractivity contribution < 1.29 is 4.79 Å². The van der Waals surface area contributed by atoms with Crippen LogP contribution < -0.4 is 10.6 Å². The van der Waals surface area contributed by atoms with Gasteiger partial charge in [-0.15, -0.1) is 0 Å². The summed E-state index contributed by atoms with van der Waals surface area (Å²) >= 11 is 12.1. The lowest BCUT2D eigenvalue weighted by Crippen LogP contribution is -2.28. The number of carbonyl (C=O) groups is 1. The molecule has 114 valence electrons. The van der Waals surface area contributed by atoms with Gasteiger partial charge < -0.3 is 10.6 Å². The van der Waals surface area contributed by atoms with Crippen LogP contribution in [0, 0.1) is 5.92 Å². The van der Waals surface area contributed by atoms with Crippen molar-refractivity contribution in [2.45, 2.75) is 19.3 Å². The molecule has 1 heterocycles. The number of anilines is 3. The van der Waals surface area contributed by atoms with Gasteiger partial charge in [-0.3, -0.25) is 4.79 Å². The summed E-state index contributed by atoms with van der Waals surface area (Å²) in [4.78, 5) is 16.1. The molecule has 0 atom stereocenters. The van der Waals surface area contributed by atoms with Gasteiger partial charge in [-0.2, -0.15) is 0 Å². The number of benzene rings is 1. The van der Waals surface area contributed by atoms with E-state index in [0.29, 0.717) is 21.6 Å². The molecular formula is C16H15Cl2N3O. The van der Waals surface area contributed by atoms with E-state index >= 15 is 0 Å². The van der Waals surface area contributed by atoms with Crippen molar-refractivity contribution in [3.63, 3.8) is 0 Å². The minimum Gasteiger partial charge on any atom is -0.353 e. The van der Waals surface area contributed by atoms with Crippen molar-refractivity contribution in [3.05, 3.63) is 46.6 Å². The fraction of sp³-hybridized carbons (Fsp3) is 0.250. The zero-order valence-electron chi connectivity index (χ0n) is 11.8. The Bertz CT molecular complexity index is 684. The van der Waals surface area contributed by atoms with E-state index in [2.05, 4.69) is 15.6 Å². The van der Waals surface area contributed by atoms with Crippen LogP contribution in [-0.4, -0.2) is 10.9 Å². The molecule has 0 radical (unpaired) electrons. The Morgan fingerprint density at radius 2 is 2.00 bits per heavy atom. The fourth-order valence-corrected chi connectivity index (χ4v) is 2.53. The summed E-state index contributed by atoms with van der Waals surface area (Å²) < 4.78 is 0. The van der Waals surface area contributed by atoms with Gasteiger partial charge in [0.05, 0.1) is 22.6 Å². The highest BCUT2D eigenvalue weighted by Gasteiger charge is 2.25. The Labute approximate surface area is 138 Å². The molecule has 0 aliphatic heterocycles.